The fraction of sp³-hybridized carbons (Fsp3) is 0.269. The third-order valence-electron chi connectivity index (χ3n) is 11.5. The van der Waals surface area contributed by atoms with Gasteiger partial charge >= 0.3 is 0 Å². The lowest BCUT2D eigenvalue weighted by atomic mass is 10.1. The fourth-order valence-electron chi connectivity index (χ4n) is 7.48. The zero-order valence-electron chi connectivity index (χ0n) is 43.0. The van der Waals surface area contributed by atoms with Gasteiger partial charge in [-0.05, 0) is 75.9 Å². The molecule has 3 aromatic carbocycles. The summed E-state index contributed by atoms with van der Waals surface area (Å²) < 4.78 is 76.6. The summed E-state index contributed by atoms with van der Waals surface area (Å²) in [5.41, 5.74) is 6.01. The maximum absolute atomic E-state index is 12.9. The van der Waals surface area contributed by atoms with Gasteiger partial charge in [0, 0.05) is 50.5 Å². The number of rotatable bonds is 11. The summed E-state index contributed by atoms with van der Waals surface area (Å²) in [5, 5.41) is 24.3. The van der Waals surface area contributed by atoms with Gasteiger partial charge in [-0.25, -0.2) is 25.3 Å². The van der Waals surface area contributed by atoms with Crippen molar-refractivity contribution in [1.29, 1.82) is 0 Å². The number of hydrogen-bond acceptors (Lipinski definition) is 18. The first-order valence-electron chi connectivity index (χ1n) is 23.5. The number of sulfone groups is 3. The molecule has 6 aromatic rings. The molecule has 3 aliphatic heterocycles. The number of aryl methyl sites for hydroxylation is 5. The highest BCUT2D eigenvalue weighted by Crippen LogP contribution is 2.41. The molecule has 3 N–H and O–H groups in total. The Balaban J connectivity index is 0.000000166. The number of hydrazone groups is 3. The Morgan fingerprint density at radius 2 is 0.855 bits per heavy atom. The molecular formula is C52H55N9O9S6. The number of carbonyl (C=O) groups excluding carboxylic acids is 3. The third-order valence-corrected chi connectivity index (χ3v) is 20.4. The van der Waals surface area contributed by atoms with E-state index in [9.17, 15) is 39.6 Å². The normalized spacial score (nSPS) is 15.2. The number of carbonyl (C=O) groups is 3. The Kier molecular flexibility index (Phi) is 17.5. The van der Waals surface area contributed by atoms with Crippen molar-refractivity contribution in [3.63, 3.8) is 0 Å². The highest BCUT2D eigenvalue weighted by molar-refractivity contribution is 8.09. The molecule has 0 radical (unpaired) electrons. The van der Waals surface area contributed by atoms with E-state index in [0.29, 0.717) is 19.9 Å². The zero-order chi connectivity index (χ0) is 55.3. The number of benzene rings is 3. The number of anilines is 3. The number of amides is 3. The molecule has 3 aromatic heterocycles. The molecule has 18 nitrogen and oxygen atoms in total. The molecule has 76 heavy (non-hydrogen) atoms. The van der Waals surface area contributed by atoms with Crippen molar-refractivity contribution in [1.82, 2.24) is 16.0 Å². The maximum Gasteiger partial charge on any atom is 0.284 e. The predicted molar refractivity (Wildman–Crippen MR) is 302 cm³/mol. The Morgan fingerprint density at radius 3 is 1.22 bits per heavy atom. The molecule has 398 valence electrons. The van der Waals surface area contributed by atoms with Gasteiger partial charge in [0.2, 0.25) is 44.6 Å². The van der Waals surface area contributed by atoms with Crippen molar-refractivity contribution in [3.8, 4) is 11.8 Å². The molecule has 0 atom stereocenters. The molecule has 24 heteroatoms. The fourth-order valence-corrected chi connectivity index (χ4v) is 16.1. The lowest BCUT2D eigenvalue weighted by Gasteiger charge is -2.20. The molecule has 0 aliphatic carbocycles. The van der Waals surface area contributed by atoms with Crippen LogP contribution in [-0.2, 0) is 70.0 Å². The van der Waals surface area contributed by atoms with Crippen LogP contribution in [0.5, 0.6) is 0 Å². The Labute approximate surface area is 455 Å². The highest BCUT2D eigenvalue weighted by atomic mass is 32.2. The SMILES string of the molecule is CC#Cc1cc2c(s1)N(C)N=C(C(=O)NCc1ccc(C)cc1)S2(=O)=O.CCCc1cc2c(s1)N(C)N=C(C(=O)NCc1ccc(C)cc1)S2(=O)=O.Cc1ccc(CNC(=O)C2=NN(C)c3sc(C)cc3S2(=O)=O)cc1. The Hall–Kier alpha value is -7.01. The monoisotopic (exact) mass is 1140 g/mol. The van der Waals surface area contributed by atoms with Gasteiger partial charge in [-0.15, -0.1) is 39.9 Å². The predicted octanol–water partition coefficient (Wildman–Crippen LogP) is 7.36. The molecule has 3 amide bonds. The van der Waals surface area contributed by atoms with E-state index in [0.717, 1.165) is 56.0 Å². The van der Waals surface area contributed by atoms with Crippen LogP contribution in [0.3, 0.4) is 0 Å². The minimum absolute atomic E-state index is 0.0678. The number of nitrogens with zero attached hydrogens (tertiary/aromatic N) is 6. The summed E-state index contributed by atoms with van der Waals surface area (Å²) in [6.45, 7) is 12.2. The first-order chi connectivity index (χ1) is 35.9. The third kappa shape index (κ3) is 12.6. The molecule has 0 fully saturated rings. The van der Waals surface area contributed by atoms with Crippen LogP contribution in [0.1, 0.15) is 68.3 Å². The van der Waals surface area contributed by atoms with Crippen LogP contribution in [0.25, 0.3) is 0 Å². The van der Waals surface area contributed by atoms with E-state index in [1.165, 1.54) is 55.1 Å². The van der Waals surface area contributed by atoms with Crippen LogP contribution < -0.4 is 31.0 Å². The number of hydrogen-bond donors (Lipinski definition) is 3. The van der Waals surface area contributed by atoms with Gasteiger partial charge in [0.25, 0.3) is 17.7 Å². The van der Waals surface area contributed by atoms with E-state index in [1.54, 1.807) is 40.2 Å². The van der Waals surface area contributed by atoms with Crippen LogP contribution in [0.4, 0.5) is 15.0 Å². The average Bonchev–Trinajstić information content (AvgIpc) is 4.14. The van der Waals surface area contributed by atoms with Crippen LogP contribution in [0, 0.1) is 39.5 Å². The van der Waals surface area contributed by atoms with Gasteiger partial charge in [0.15, 0.2) is 0 Å². The first-order valence-corrected chi connectivity index (χ1v) is 30.4. The van der Waals surface area contributed by atoms with Gasteiger partial charge in [-0.1, -0.05) is 109 Å². The number of fused-ring (bicyclic) bond motifs is 3. The molecule has 0 spiro atoms. The van der Waals surface area contributed by atoms with E-state index >= 15 is 0 Å². The van der Waals surface area contributed by atoms with Crippen LogP contribution in [-0.4, -0.2) is 79.2 Å². The van der Waals surface area contributed by atoms with Crippen molar-refractivity contribution in [2.75, 3.05) is 36.2 Å². The van der Waals surface area contributed by atoms with Gasteiger partial charge < -0.3 is 16.0 Å². The van der Waals surface area contributed by atoms with E-state index in [1.807, 2.05) is 107 Å². The van der Waals surface area contributed by atoms with Gasteiger partial charge in [0.05, 0.1) is 4.88 Å². The van der Waals surface area contributed by atoms with E-state index in [4.69, 9.17) is 0 Å². The molecular weight excluding hydrogens is 1090 g/mol. The van der Waals surface area contributed by atoms with Crippen molar-refractivity contribution in [2.24, 2.45) is 15.3 Å². The lowest BCUT2D eigenvalue weighted by Crippen LogP contribution is -2.39. The smallest absolute Gasteiger partial charge is 0.284 e. The second-order valence-electron chi connectivity index (χ2n) is 17.6. The number of nitrogens with one attached hydrogen (secondary N) is 3. The van der Waals surface area contributed by atoms with Crippen LogP contribution >= 0.6 is 34.0 Å². The standard InChI is InChI=1S/C18H21N3O3S2.C18H17N3O3S2.C16H17N3O3S2/c2*1-4-5-14-10-15-18(25-14)21(3)20-17(26(15,23)24)16(22)19-11-13-8-6-12(2)7-9-13;1-10-4-6-12(7-5-10)9-17-14(20)15-18-19(3)16-13(24(15,21)22)8-11(2)23-16/h6-10H,4-5,11H2,1-3H3,(H,19,22);6-10H,11H2,1-3H3,(H,19,22);4-8H,9H2,1-3H3,(H,17,20). The zero-order valence-corrected chi connectivity index (χ0v) is 47.9. The largest absolute Gasteiger partial charge is 0.346 e. The lowest BCUT2D eigenvalue weighted by molar-refractivity contribution is -0.115. The second kappa shape index (κ2) is 23.5. The molecule has 9 rings (SSSR count). The van der Waals surface area contributed by atoms with E-state index in [2.05, 4.69) is 43.1 Å². The molecule has 0 unspecified atom stereocenters. The molecule has 0 bridgehead atoms. The quantitative estimate of drug-likeness (QED) is 0.108. The minimum atomic E-state index is -3.98. The highest BCUT2D eigenvalue weighted by Gasteiger charge is 2.40. The summed E-state index contributed by atoms with van der Waals surface area (Å²) >= 11 is 3.97. The number of thiophene rings is 3. The van der Waals surface area contributed by atoms with Crippen LogP contribution in [0.15, 0.2) is 121 Å². The minimum Gasteiger partial charge on any atom is -0.346 e. The second-order valence-corrected chi connectivity index (χ2v) is 26.5. The topological polar surface area (TPSA) is 237 Å². The summed E-state index contributed by atoms with van der Waals surface area (Å²) in [6.07, 6.45) is 1.73. The van der Waals surface area contributed by atoms with E-state index in [-0.39, 0.29) is 34.3 Å². The van der Waals surface area contributed by atoms with E-state index < -0.39 is 62.4 Å². The first kappa shape index (κ1) is 56.7. The van der Waals surface area contributed by atoms with Crippen LogP contribution in [0.2, 0.25) is 0 Å². The Morgan fingerprint density at radius 1 is 0.513 bits per heavy atom. The van der Waals surface area contributed by atoms with Crippen molar-refractivity contribution in [3.05, 3.63) is 139 Å². The molecule has 6 heterocycles. The average molecular weight is 1140 g/mol. The van der Waals surface area contributed by atoms with Crippen molar-refractivity contribution < 1.29 is 39.6 Å². The molecule has 3 aliphatic rings. The molecule has 0 saturated heterocycles. The van der Waals surface area contributed by atoms with Gasteiger partial charge in [0.1, 0.15) is 29.7 Å². The van der Waals surface area contributed by atoms with Crippen molar-refractivity contribution in [2.45, 2.75) is 88.7 Å². The summed E-state index contributed by atoms with van der Waals surface area (Å²) in [4.78, 5) is 40.2. The summed E-state index contributed by atoms with van der Waals surface area (Å²) in [6, 6.07) is 27.7. The summed E-state index contributed by atoms with van der Waals surface area (Å²) in [5.74, 6) is 3.48. The Bertz CT molecular complexity index is 3720. The maximum atomic E-state index is 12.9. The molecule has 0 saturated carbocycles. The van der Waals surface area contributed by atoms with Gasteiger partial charge in [-0.3, -0.25) is 29.4 Å². The van der Waals surface area contributed by atoms with Gasteiger partial charge in [-0.2, -0.15) is 15.3 Å². The van der Waals surface area contributed by atoms with Crippen molar-refractivity contribution >= 4 is 111 Å². The summed E-state index contributed by atoms with van der Waals surface area (Å²) in [7, 11) is -6.89.